The van der Waals surface area contributed by atoms with Gasteiger partial charge < -0.3 is 29.2 Å². The van der Waals surface area contributed by atoms with Crippen molar-refractivity contribution < 1.29 is 28.1 Å². The molecule has 1 amide bonds. The zero-order valence-electron chi connectivity index (χ0n) is 30.9. The number of amides is 1. The van der Waals surface area contributed by atoms with Crippen molar-refractivity contribution in [2.24, 2.45) is 11.8 Å². The number of fused-ring (bicyclic) bond motifs is 5. The summed E-state index contributed by atoms with van der Waals surface area (Å²) in [6, 6.07) is 9.33. The minimum Gasteiger partial charge on any atom is -0.468 e. The Morgan fingerprint density at radius 2 is 1.85 bits per heavy atom. The Morgan fingerprint density at radius 3 is 2.55 bits per heavy atom. The molecule has 5 heterocycles. The fourth-order valence-electron chi connectivity index (χ4n) is 9.17. The maximum Gasteiger partial charge on any atom is 0.407 e. The van der Waals surface area contributed by atoms with Crippen LogP contribution in [0.4, 0.5) is 15.0 Å². The van der Waals surface area contributed by atoms with Crippen LogP contribution in [-0.2, 0) is 9.47 Å². The van der Waals surface area contributed by atoms with Gasteiger partial charge in [-0.1, -0.05) is 18.1 Å². The molecule has 0 spiro atoms. The third-order valence-electron chi connectivity index (χ3n) is 11.4. The van der Waals surface area contributed by atoms with Crippen LogP contribution in [0, 0.1) is 30.0 Å². The lowest BCUT2D eigenvalue weighted by atomic mass is 9.92. The third-order valence-corrected chi connectivity index (χ3v) is 11.4. The quantitative estimate of drug-likeness (QED) is 0.148. The molecule has 1 aliphatic carbocycles. The molecule has 2 atom stereocenters. The van der Waals surface area contributed by atoms with Crippen molar-refractivity contribution >= 4 is 33.6 Å². The van der Waals surface area contributed by atoms with Gasteiger partial charge in [-0.25, -0.2) is 9.18 Å². The van der Waals surface area contributed by atoms with Gasteiger partial charge in [-0.05, 0) is 108 Å². The topological polar surface area (TPSA) is 111 Å². The standard InChI is InChI=1S/C41H47FN6O5/c1-6-25-10-7-11-26-18-29(52-24-50-5)19-30(32(25)26)35-33(42)36-31(20-43-35)37(46-38(44-36)51-23-41-14-8-16-48(41)17-9-15-41)47-21-27-12-13-28(22-47)34(27)45-39(49)53-40(2,3)4/h1,7,10-11,18-20,27-28,34H,8-9,12-17,21-24H2,2-5H3,(H,45,49). The molecule has 8 rings (SSSR count). The molecule has 4 aromatic rings. The Bertz CT molecular complexity index is 2070. The zero-order valence-corrected chi connectivity index (χ0v) is 30.9. The van der Waals surface area contributed by atoms with Crippen LogP contribution in [0.15, 0.2) is 36.5 Å². The van der Waals surface area contributed by atoms with E-state index in [2.05, 4.69) is 21.0 Å². The molecule has 4 fully saturated rings. The lowest BCUT2D eigenvalue weighted by molar-refractivity contribution is 0.0472. The highest BCUT2D eigenvalue weighted by Gasteiger charge is 2.46. The Kier molecular flexibility index (Phi) is 9.27. The number of halogens is 1. The zero-order chi connectivity index (χ0) is 36.9. The molecule has 12 heteroatoms. The average molecular weight is 723 g/mol. The van der Waals surface area contributed by atoms with Crippen LogP contribution < -0.4 is 19.7 Å². The number of hydrogen-bond donors (Lipinski definition) is 1. The first-order chi connectivity index (χ1) is 25.6. The first-order valence-electron chi connectivity index (χ1n) is 18.7. The van der Waals surface area contributed by atoms with Crippen molar-refractivity contribution in [2.45, 2.75) is 76.5 Å². The summed E-state index contributed by atoms with van der Waals surface area (Å²) >= 11 is 0. The molecular formula is C41H47FN6O5. The number of rotatable bonds is 9. The van der Waals surface area contributed by atoms with E-state index in [1.54, 1.807) is 19.4 Å². The summed E-state index contributed by atoms with van der Waals surface area (Å²) in [6.45, 7) is 9.43. The van der Waals surface area contributed by atoms with Crippen molar-refractivity contribution in [1.29, 1.82) is 0 Å². The van der Waals surface area contributed by atoms with Crippen LogP contribution in [0.2, 0.25) is 0 Å². The highest BCUT2D eigenvalue weighted by atomic mass is 19.1. The van der Waals surface area contributed by atoms with E-state index >= 15 is 4.39 Å². The maximum absolute atomic E-state index is 17.3. The number of piperidine rings is 1. The van der Waals surface area contributed by atoms with Crippen LogP contribution in [-0.4, -0.2) is 89.8 Å². The molecule has 278 valence electrons. The van der Waals surface area contributed by atoms with Crippen LogP contribution >= 0.6 is 0 Å². The number of nitrogens with zero attached hydrogens (tertiary/aromatic N) is 5. The van der Waals surface area contributed by atoms with E-state index in [1.807, 2.05) is 45.0 Å². The second-order valence-corrected chi connectivity index (χ2v) is 16.0. The number of ether oxygens (including phenoxy) is 4. The van der Waals surface area contributed by atoms with E-state index in [0.29, 0.717) is 53.2 Å². The maximum atomic E-state index is 17.3. The molecule has 2 aromatic heterocycles. The Hall–Kier alpha value is -4.73. The highest BCUT2D eigenvalue weighted by molar-refractivity contribution is 6.03. The summed E-state index contributed by atoms with van der Waals surface area (Å²) in [6.07, 6.45) is 13.5. The van der Waals surface area contributed by atoms with Crippen molar-refractivity contribution in [3.63, 3.8) is 0 Å². The number of terminal acetylenes is 1. The lowest BCUT2D eigenvalue weighted by Gasteiger charge is -2.39. The van der Waals surface area contributed by atoms with Crippen LogP contribution in [0.1, 0.15) is 64.9 Å². The van der Waals surface area contributed by atoms with Gasteiger partial charge in [0.05, 0.1) is 10.9 Å². The molecule has 1 N–H and O–H groups in total. The molecular weight excluding hydrogens is 675 g/mol. The number of anilines is 1. The summed E-state index contributed by atoms with van der Waals surface area (Å²) in [7, 11) is 1.54. The molecule has 2 bridgehead atoms. The lowest BCUT2D eigenvalue weighted by Crippen LogP contribution is -2.53. The molecule has 1 saturated carbocycles. The molecule has 2 unspecified atom stereocenters. The number of alkyl carbamates (subject to hydrolysis) is 1. The summed E-state index contributed by atoms with van der Waals surface area (Å²) in [4.78, 5) is 32.0. The number of methoxy groups -OCH3 is 1. The van der Waals surface area contributed by atoms with Gasteiger partial charge in [0, 0.05) is 49.0 Å². The number of benzene rings is 2. The van der Waals surface area contributed by atoms with Gasteiger partial charge in [-0.3, -0.25) is 9.88 Å². The Labute approximate surface area is 309 Å². The number of hydrogen-bond acceptors (Lipinski definition) is 10. The van der Waals surface area contributed by atoms with E-state index < -0.39 is 17.5 Å². The predicted molar refractivity (Wildman–Crippen MR) is 201 cm³/mol. The largest absolute Gasteiger partial charge is 0.468 e. The SMILES string of the molecule is C#Cc1cccc2cc(OCOC)cc(-c3ncc4c(N5CC6CCC(C5)C6NC(=O)OC(C)(C)C)nc(OCC56CCCN5CCC6)nc4c3F)c12. The van der Waals surface area contributed by atoms with Crippen molar-refractivity contribution in [3.8, 4) is 35.4 Å². The van der Waals surface area contributed by atoms with E-state index in [-0.39, 0.29) is 47.4 Å². The number of carbonyl (C=O) groups excluding carboxylic acids is 1. The Morgan fingerprint density at radius 1 is 1.09 bits per heavy atom. The van der Waals surface area contributed by atoms with Gasteiger partial charge in [0.25, 0.3) is 0 Å². The summed E-state index contributed by atoms with van der Waals surface area (Å²) < 4.78 is 40.3. The van der Waals surface area contributed by atoms with Crippen molar-refractivity contribution in [1.82, 2.24) is 25.2 Å². The smallest absolute Gasteiger partial charge is 0.407 e. The Balaban J connectivity index is 1.20. The van der Waals surface area contributed by atoms with Gasteiger partial charge in [0.15, 0.2) is 12.6 Å². The molecule has 3 aliphatic heterocycles. The fraction of sp³-hybridized carbons (Fsp3) is 0.512. The van der Waals surface area contributed by atoms with Gasteiger partial charge in [0.2, 0.25) is 0 Å². The summed E-state index contributed by atoms with van der Waals surface area (Å²) in [5.74, 6) is 3.56. The second kappa shape index (κ2) is 13.9. The van der Waals surface area contributed by atoms with Gasteiger partial charge in [-0.15, -0.1) is 6.42 Å². The van der Waals surface area contributed by atoms with Crippen molar-refractivity contribution in [2.75, 3.05) is 51.6 Å². The molecule has 4 aliphatic rings. The first kappa shape index (κ1) is 35.3. The number of nitrogens with one attached hydrogen (secondary N) is 1. The average Bonchev–Trinajstić information content (AvgIpc) is 3.78. The normalized spacial score (nSPS) is 22.2. The van der Waals surface area contributed by atoms with Crippen LogP contribution in [0.25, 0.3) is 32.9 Å². The number of aromatic nitrogens is 3. The van der Waals surface area contributed by atoms with Gasteiger partial charge >= 0.3 is 12.1 Å². The monoisotopic (exact) mass is 722 g/mol. The van der Waals surface area contributed by atoms with Crippen LogP contribution in [0.3, 0.4) is 0 Å². The minimum absolute atomic E-state index is 0.0209. The van der Waals surface area contributed by atoms with Crippen molar-refractivity contribution in [3.05, 3.63) is 47.9 Å². The molecule has 2 aromatic carbocycles. The third kappa shape index (κ3) is 6.70. The first-order valence-corrected chi connectivity index (χ1v) is 18.7. The van der Waals surface area contributed by atoms with E-state index in [0.717, 1.165) is 57.0 Å². The highest BCUT2D eigenvalue weighted by Crippen LogP contribution is 2.43. The number of carbonyl (C=O) groups is 1. The molecule has 53 heavy (non-hydrogen) atoms. The fourth-order valence-corrected chi connectivity index (χ4v) is 9.17. The van der Waals surface area contributed by atoms with E-state index in [9.17, 15) is 4.79 Å². The van der Waals surface area contributed by atoms with E-state index in [1.165, 1.54) is 0 Å². The molecule has 11 nitrogen and oxygen atoms in total. The predicted octanol–water partition coefficient (Wildman–Crippen LogP) is 6.69. The summed E-state index contributed by atoms with van der Waals surface area (Å²) in [5.41, 5.74) is 0.690. The minimum atomic E-state index is -0.598. The van der Waals surface area contributed by atoms with Gasteiger partial charge in [-0.2, -0.15) is 9.97 Å². The van der Waals surface area contributed by atoms with Crippen LogP contribution in [0.5, 0.6) is 11.8 Å². The van der Waals surface area contributed by atoms with Gasteiger partial charge in [0.1, 0.15) is 35.0 Å². The number of pyridine rings is 1. The van der Waals surface area contributed by atoms with E-state index in [4.69, 9.17) is 40.3 Å². The second-order valence-electron chi connectivity index (χ2n) is 16.0. The molecule has 0 radical (unpaired) electrons. The molecule has 3 saturated heterocycles. The summed E-state index contributed by atoms with van der Waals surface area (Å²) in [5, 5.41) is 5.12.